The van der Waals surface area contributed by atoms with Crippen LogP contribution in [0.3, 0.4) is 0 Å². The lowest BCUT2D eigenvalue weighted by Gasteiger charge is -2.45. The molecule has 2 saturated carbocycles. The minimum absolute atomic E-state index is 0.102. The van der Waals surface area contributed by atoms with Crippen molar-refractivity contribution in [2.75, 3.05) is 26.2 Å². The quantitative estimate of drug-likeness (QED) is 0.527. The van der Waals surface area contributed by atoms with Crippen LogP contribution in [0, 0.1) is 23.7 Å². The molecule has 0 aromatic carbocycles. The largest absolute Gasteiger partial charge is 0.348 e. The van der Waals surface area contributed by atoms with Crippen molar-refractivity contribution in [3.05, 3.63) is 12.2 Å². The highest BCUT2D eigenvalue weighted by molar-refractivity contribution is 6.08. The van der Waals surface area contributed by atoms with E-state index < -0.39 is 0 Å². The highest BCUT2D eigenvalue weighted by Crippen LogP contribution is 2.52. The Morgan fingerprint density at radius 2 is 1.55 bits per heavy atom. The van der Waals surface area contributed by atoms with Crippen molar-refractivity contribution in [1.29, 1.82) is 0 Å². The summed E-state index contributed by atoms with van der Waals surface area (Å²) in [5, 5.41) is 3.14. The molecule has 2 bridgehead atoms. The van der Waals surface area contributed by atoms with Gasteiger partial charge in [0.25, 0.3) is 0 Å². The van der Waals surface area contributed by atoms with Crippen LogP contribution in [0.4, 0.5) is 0 Å². The first kappa shape index (κ1) is 19.3. The zero-order valence-corrected chi connectivity index (χ0v) is 17.3. The molecule has 158 valence electrons. The Balaban J connectivity index is 1.21. The van der Waals surface area contributed by atoms with Gasteiger partial charge in [0.15, 0.2) is 0 Å². The summed E-state index contributed by atoms with van der Waals surface area (Å²) in [6.07, 6.45) is 15.1. The molecule has 2 saturated heterocycles. The number of likely N-dealkylation sites (tertiary alicyclic amines) is 2. The molecule has 6 heteroatoms. The van der Waals surface area contributed by atoms with Crippen molar-refractivity contribution >= 4 is 17.7 Å². The van der Waals surface area contributed by atoms with Gasteiger partial charge >= 0.3 is 0 Å². The minimum Gasteiger partial charge on any atom is -0.348 e. The average Bonchev–Trinajstić information content (AvgIpc) is 3.44. The number of carbonyl (C=O) groups excluding carboxylic acids is 3. The molecule has 6 nitrogen and oxygen atoms in total. The number of hydrogen-bond donors (Lipinski definition) is 2. The van der Waals surface area contributed by atoms with Gasteiger partial charge < -0.3 is 10.2 Å². The normalized spacial score (nSPS) is 35.9. The number of fused-ring (bicyclic) bond motifs is 5. The second-order valence-corrected chi connectivity index (χ2v) is 10.0. The molecule has 0 aromatic heterocycles. The lowest BCUT2D eigenvalue weighted by Crippen LogP contribution is -3.22. The van der Waals surface area contributed by atoms with Crippen molar-refractivity contribution in [2.45, 2.75) is 63.3 Å². The van der Waals surface area contributed by atoms with Gasteiger partial charge in [-0.25, -0.2) is 0 Å². The highest BCUT2D eigenvalue weighted by Gasteiger charge is 2.59. The first-order valence-corrected chi connectivity index (χ1v) is 11.7. The molecule has 2 aliphatic heterocycles. The summed E-state index contributed by atoms with van der Waals surface area (Å²) in [5.74, 6) is -0.457. The smallest absolute Gasteiger partial charge is 0.240 e. The number of imide groups is 1. The average molecular weight is 401 g/mol. The van der Waals surface area contributed by atoms with Gasteiger partial charge in [0.1, 0.15) is 12.1 Å². The Kier molecular flexibility index (Phi) is 5.01. The second kappa shape index (κ2) is 7.53. The summed E-state index contributed by atoms with van der Waals surface area (Å²) in [6.45, 7) is 2.99. The lowest BCUT2D eigenvalue weighted by atomic mass is 9.79. The minimum atomic E-state index is -0.215. The number of nitrogens with zero attached hydrogens (tertiary/aromatic N) is 1. The zero-order chi connectivity index (χ0) is 20.0. The third-order valence-electron chi connectivity index (χ3n) is 8.51. The van der Waals surface area contributed by atoms with Crippen LogP contribution >= 0.6 is 0 Å². The number of amides is 3. The van der Waals surface area contributed by atoms with Crippen molar-refractivity contribution < 1.29 is 19.3 Å². The molecule has 0 aromatic rings. The van der Waals surface area contributed by atoms with Crippen molar-refractivity contribution in [2.24, 2.45) is 23.7 Å². The molecule has 4 fully saturated rings. The van der Waals surface area contributed by atoms with E-state index in [0.717, 1.165) is 6.42 Å². The van der Waals surface area contributed by atoms with Crippen LogP contribution in [-0.2, 0) is 14.4 Å². The fourth-order valence-electron chi connectivity index (χ4n) is 6.98. The molecular formula is C23H34N3O3+. The van der Waals surface area contributed by atoms with E-state index in [1.165, 1.54) is 69.4 Å². The number of rotatable bonds is 5. The number of quaternary nitrogens is 1. The molecule has 2 heterocycles. The summed E-state index contributed by atoms with van der Waals surface area (Å²) in [4.78, 5) is 41.3. The number of allylic oxidation sites excluding steroid dienone is 2. The predicted molar refractivity (Wildman–Crippen MR) is 108 cm³/mol. The predicted octanol–water partition coefficient (Wildman–Crippen LogP) is 0.681. The van der Waals surface area contributed by atoms with Crippen molar-refractivity contribution in [3.8, 4) is 0 Å². The van der Waals surface area contributed by atoms with Crippen LogP contribution in [0.2, 0.25) is 0 Å². The fourth-order valence-corrected chi connectivity index (χ4v) is 6.98. The van der Waals surface area contributed by atoms with E-state index in [9.17, 15) is 14.4 Å². The van der Waals surface area contributed by atoms with Crippen LogP contribution < -0.4 is 10.2 Å². The van der Waals surface area contributed by atoms with Gasteiger partial charge in [0.05, 0.1) is 31.5 Å². The van der Waals surface area contributed by atoms with E-state index in [1.807, 2.05) is 0 Å². The van der Waals surface area contributed by atoms with Gasteiger partial charge in [-0.1, -0.05) is 18.6 Å². The third-order valence-corrected chi connectivity index (χ3v) is 8.51. The van der Waals surface area contributed by atoms with E-state index in [2.05, 4.69) is 17.5 Å². The lowest BCUT2D eigenvalue weighted by molar-refractivity contribution is -0.957. The number of piperidine rings is 1. The van der Waals surface area contributed by atoms with Gasteiger partial charge in [-0.05, 0) is 50.4 Å². The summed E-state index contributed by atoms with van der Waals surface area (Å²) in [5.41, 5.74) is 0.146. The number of carbonyl (C=O) groups is 3. The summed E-state index contributed by atoms with van der Waals surface area (Å²) < 4.78 is 0. The Hall–Kier alpha value is -1.69. The van der Waals surface area contributed by atoms with Crippen LogP contribution in [0.5, 0.6) is 0 Å². The monoisotopic (exact) mass is 400 g/mol. The molecule has 29 heavy (non-hydrogen) atoms. The van der Waals surface area contributed by atoms with Gasteiger partial charge in [-0.3, -0.25) is 19.3 Å². The van der Waals surface area contributed by atoms with Crippen LogP contribution in [0.1, 0.15) is 57.8 Å². The van der Waals surface area contributed by atoms with Gasteiger partial charge in [-0.15, -0.1) is 0 Å². The van der Waals surface area contributed by atoms with E-state index in [0.29, 0.717) is 6.54 Å². The number of nitrogens with one attached hydrogen (secondary N) is 2. The fraction of sp³-hybridized carbons (Fsp3) is 0.783. The van der Waals surface area contributed by atoms with Crippen molar-refractivity contribution in [1.82, 2.24) is 10.2 Å². The van der Waals surface area contributed by atoms with Gasteiger partial charge in [-0.2, -0.15) is 0 Å². The molecule has 5 rings (SSSR count). The van der Waals surface area contributed by atoms with Crippen molar-refractivity contribution in [3.63, 3.8) is 0 Å². The Labute approximate surface area is 173 Å². The second-order valence-electron chi connectivity index (χ2n) is 10.0. The zero-order valence-electron chi connectivity index (χ0n) is 17.3. The highest BCUT2D eigenvalue weighted by atomic mass is 16.2. The molecule has 0 radical (unpaired) electrons. The maximum Gasteiger partial charge on any atom is 0.240 e. The third kappa shape index (κ3) is 3.24. The summed E-state index contributed by atoms with van der Waals surface area (Å²) in [7, 11) is 0. The first-order chi connectivity index (χ1) is 14.1. The molecule has 2 N–H and O–H groups in total. The topological polar surface area (TPSA) is 70.9 Å². The summed E-state index contributed by atoms with van der Waals surface area (Å²) in [6, 6.07) is 0. The van der Waals surface area contributed by atoms with E-state index in [1.54, 1.807) is 4.90 Å². The molecule has 5 aliphatic rings. The van der Waals surface area contributed by atoms with Gasteiger partial charge in [0.2, 0.25) is 17.7 Å². The molecule has 3 aliphatic carbocycles. The molecule has 0 unspecified atom stereocenters. The molecule has 0 spiro atoms. The van der Waals surface area contributed by atoms with E-state index in [-0.39, 0.29) is 53.5 Å². The van der Waals surface area contributed by atoms with Crippen LogP contribution in [0.25, 0.3) is 0 Å². The Bertz CT molecular complexity index is 691. The summed E-state index contributed by atoms with van der Waals surface area (Å²) >= 11 is 0. The molecule has 4 atom stereocenters. The van der Waals surface area contributed by atoms with Gasteiger partial charge in [0, 0.05) is 12.8 Å². The van der Waals surface area contributed by atoms with E-state index >= 15 is 0 Å². The SMILES string of the molecule is O=C(CN1C(=O)[C@@H]2[C@H](C1=O)[C@@H]1C=C[C@H]2C1)NCC1([NH+]2CCCCC2)CCCCC1. The van der Waals surface area contributed by atoms with E-state index in [4.69, 9.17) is 0 Å². The Morgan fingerprint density at radius 1 is 0.966 bits per heavy atom. The Morgan fingerprint density at radius 3 is 2.17 bits per heavy atom. The molecular weight excluding hydrogens is 366 g/mol. The number of hydrogen-bond acceptors (Lipinski definition) is 3. The standard InChI is InChI=1S/C23H33N3O3/c27-18(14-26-21(28)19-16-7-8-17(13-16)20(19)22(26)29)24-15-23(9-3-1-4-10-23)25-11-5-2-6-12-25/h7-8,16-17,19-20H,1-6,9-15H2,(H,24,27)/p+1/t16-,17+,19-,20+. The van der Waals surface area contributed by atoms with Crippen LogP contribution in [-0.4, -0.2) is 54.3 Å². The first-order valence-electron chi connectivity index (χ1n) is 11.7. The molecule has 3 amide bonds. The van der Waals surface area contributed by atoms with Crippen LogP contribution in [0.15, 0.2) is 12.2 Å². The maximum absolute atomic E-state index is 12.8. The maximum atomic E-state index is 12.8.